The third kappa shape index (κ3) is 2.65. The number of methoxy groups -OCH3 is 1. The predicted molar refractivity (Wildman–Crippen MR) is 76.2 cm³/mol. The van der Waals surface area contributed by atoms with Crippen LogP contribution in [0.25, 0.3) is 0 Å². The van der Waals surface area contributed by atoms with Crippen LogP contribution in [0.1, 0.15) is 30.4 Å². The molecule has 0 heterocycles. The second-order valence-electron chi connectivity index (χ2n) is 5.32. The van der Waals surface area contributed by atoms with Crippen LogP contribution in [0.2, 0.25) is 0 Å². The van der Waals surface area contributed by atoms with Gasteiger partial charge < -0.3 is 4.74 Å². The minimum Gasteiger partial charge on any atom is -0.496 e. The first-order valence-electron chi connectivity index (χ1n) is 6.46. The molecule has 1 saturated carbocycles. The molecule has 20 heavy (non-hydrogen) atoms. The van der Waals surface area contributed by atoms with Gasteiger partial charge in [0.2, 0.25) is 15.9 Å². The molecule has 0 radical (unpaired) electrons. The van der Waals surface area contributed by atoms with E-state index in [1.807, 2.05) is 25.1 Å². The number of nitrogens with one attached hydrogen (secondary N) is 1. The zero-order valence-corrected chi connectivity index (χ0v) is 12.7. The molecule has 2 rings (SSSR count). The van der Waals surface area contributed by atoms with E-state index >= 15 is 0 Å². The molecule has 6 heteroatoms. The fourth-order valence-electron chi connectivity index (χ4n) is 2.56. The largest absolute Gasteiger partial charge is 0.496 e. The summed E-state index contributed by atoms with van der Waals surface area (Å²) < 4.78 is 29.9. The van der Waals surface area contributed by atoms with Crippen molar-refractivity contribution in [2.24, 2.45) is 0 Å². The standard InChI is InChI=1S/C14H19NO4S/c1-10-5-6-11(9-12(10)19-2)14(7-4-8-14)13(16)15-20(3,17)18/h5-6,9H,4,7-8H2,1-3H3,(H,15,16). The molecule has 0 atom stereocenters. The van der Waals surface area contributed by atoms with Gasteiger partial charge in [-0.3, -0.25) is 9.52 Å². The van der Waals surface area contributed by atoms with Crippen molar-refractivity contribution in [1.29, 1.82) is 0 Å². The summed E-state index contributed by atoms with van der Waals surface area (Å²) >= 11 is 0. The Balaban J connectivity index is 2.39. The molecule has 1 fully saturated rings. The first-order valence-corrected chi connectivity index (χ1v) is 8.35. The number of sulfonamides is 1. The number of amides is 1. The Morgan fingerprint density at radius 2 is 2.00 bits per heavy atom. The molecule has 110 valence electrons. The van der Waals surface area contributed by atoms with Gasteiger partial charge in [-0.1, -0.05) is 18.6 Å². The number of hydrogen-bond donors (Lipinski definition) is 1. The van der Waals surface area contributed by atoms with Crippen LogP contribution in [-0.2, 0) is 20.2 Å². The van der Waals surface area contributed by atoms with Crippen LogP contribution in [0.3, 0.4) is 0 Å². The molecule has 1 aliphatic rings. The van der Waals surface area contributed by atoms with Gasteiger partial charge in [0.15, 0.2) is 0 Å². The minimum atomic E-state index is -3.55. The maximum absolute atomic E-state index is 12.3. The van der Waals surface area contributed by atoms with Crippen LogP contribution in [0.5, 0.6) is 5.75 Å². The summed E-state index contributed by atoms with van der Waals surface area (Å²) in [6, 6.07) is 5.59. The van der Waals surface area contributed by atoms with E-state index < -0.39 is 21.3 Å². The molecule has 0 spiro atoms. The summed E-state index contributed by atoms with van der Waals surface area (Å²) in [7, 11) is -1.97. The molecule has 0 unspecified atom stereocenters. The van der Waals surface area contributed by atoms with Gasteiger partial charge in [0.25, 0.3) is 0 Å². The number of carbonyl (C=O) groups excluding carboxylic acids is 1. The molecule has 1 aromatic carbocycles. The Labute approximate surface area is 119 Å². The first-order chi connectivity index (χ1) is 9.28. The summed E-state index contributed by atoms with van der Waals surface area (Å²) in [5.74, 6) is 0.262. The fourth-order valence-corrected chi connectivity index (χ4v) is 3.09. The zero-order chi connectivity index (χ0) is 15.0. The Bertz CT molecular complexity index is 633. The maximum Gasteiger partial charge on any atom is 0.244 e. The average molecular weight is 297 g/mol. The maximum atomic E-state index is 12.3. The second kappa shape index (κ2) is 5.09. The zero-order valence-electron chi connectivity index (χ0n) is 11.9. The van der Waals surface area contributed by atoms with Gasteiger partial charge in [-0.05, 0) is 37.0 Å². The minimum absolute atomic E-state index is 0.447. The molecule has 0 aromatic heterocycles. The lowest BCUT2D eigenvalue weighted by atomic mass is 9.64. The number of rotatable bonds is 4. The molecule has 1 N–H and O–H groups in total. The van der Waals surface area contributed by atoms with Crippen molar-refractivity contribution in [1.82, 2.24) is 4.72 Å². The molecule has 0 saturated heterocycles. The number of hydrogen-bond acceptors (Lipinski definition) is 4. The highest BCUT2D eigenvalue weighted by Gasteiger charge is 2.46. The normalized spacial score (nSPS) is 17.1. The van der Waals surface area contributed by atoms with Gasteiger partial charge in [-0.2, -0.15) is 0 Å². The Morgan fingerprint density at radius 3 is 2.45 bits per heavy atom. The van der Waals surface area contributed by atoms with E-state index in [9.17, 15) is 13.2 Å². The highest BCUT2D eigenvalue weighted by atomic mass is 32.2. The van der Waals surface area contributed by atoms with Crippen molar-refractivity contribution in [2.45, 2.75) is 31.6 Å². The van der Waals surface area contributed by atoms with Gasteiger partial charge in [0.05, 0.1) is 18.8 Å². The molecule has 0 aliphatic heterocycles. The van der Waals surface area contributed by atoms with Gasteiger partial charge >= 0.3 is 0 Å². The lowest BCUT2D eigenvalue weighted by Crippen LogP contribution is -2.50. The highest BCUT2D eigenvalue weighted by molar-refractivity contribution is 7.89. The Hall–Kier alpha value is -1.56. The third-order valence-electron chi connectivity index (χ3n) is 3.88. The van der Waals surface area contributed by atoms with E-state index in [2.05, 4.69) is 4.72 Å². The van der Waals surface area contributed by atoms with E-state index in [0.717, 1.165) is 23.8 Å². The van der Waals surface area contributed by atoms with Crippen LogP contribution >= 0.6 is 0 Å². The highest BCUT2D eigenvalue weighted by Crippen LogP contribution is 2.45. The molecular weight excluding hydrogens is 278 g/mol. The Kier molecular flexibility index (Phi) is 3.77. The summed E-state index contributed by atoms with van der Waals surface area (Å²) in [4.78, 5) is 12.3. The van der Waals surface area contributed by atoms with Gasteiger partial charge in [-0.25, -0.2) is 8.42 Å². The number of benzene rings is 1. The number of aryl methyl sites for hydroxylation is 1. The summed E-state index contributed by atoms with van der Waals surface area (Å²) in [5.41, 5.74) is 1.05. The predicted octanol–water partition coefficient (Wildman–Crippen LogP) is 1.50. The Morgan fingerprint density at radius 1 is 1.35 bits per heavy atom. The molecule has 1 aromatic rings. The lowest BCUT2D eigenvalue weighted by molar-refractivity contribution is -0.128. The van der Waals surface area contributed by atoms with Crippen LogP contribution < -0.4 is 9.46 Å². The van der Waals surface area contributed by atoms with Crippen molar-refractivity contribution in [2.75, 3.05) is 13.4 Å². The topological polar surface area (TPSA) is 72.5 Å². The van der Waals surface area contributed by atoms with Crippen molar-refractivity contribution >= 4 is 15.9 Å². The van der Waals surface area contributed by atoms with Crippen molar-refractivity contribution in [3.05, 3.63) is 29.3 Å². The van der Waals surface area contributed by atoms with Gasteiger partial charge in [0, 0.05) is 0 Å². The van der Waals surface area contributed by atoms with Crippen LogP contribution in [0, 0.1) is 6.92 Å². The SMILES string of the molecule is COc1cc(C2(C(=O)NS(C)(=O)=O)CCC2)ccc1C. The van der Waals surface area contributed by atoms with E-state index in [1.54, 1.807) is 7.11 Å². The fraction of sp³-hybridized carbons (Fsp3) is 0.500. The third-order valence-corrected chi connectivity index (χ3v) is 4.44. The van der Waals surface area contributed by atoms with Crippen molar-refractivity contribution < 1.29 is 17.9 Å². The summed E-state index contributed by atoms with van der Waals surface area (Å²) in [5, 5.41) is 0. The number of carbonyl (C=O) groups is 1. The second-order valence-corrected chi connectivity index (χ2v) is 7.07. The van der Waals surface area contributed by atoms with Crippen LogP contribution in [0.4, 0.5) is 0 Å². The summed E-state index contributed by atoms with van der Waals surface area (Å²) in [6.07, 6.45) is 3.21. The first kappa shape index (κ1) is 14.8. The van der Waals surface area contributed by atoms with Crippen LogP contribution in [-0.4, -0.2) is 27.7 Å². The lowest BCUT2D eigenvalue weighted by Gasteiger charge is -2.40. The van der Waals surface area contributed by atoms with E-state index in [1.165, 1.54) is 0 Å². The number of ether oxygens (including phenoxy) is 1. The van der Waals surface area contributed by atoms with E-state index in [4.69, 9.17) is 4.74 Å². The molecule has 1 amide bonds. The van der Waals surface area contributed by atoms with Gasteiger partial charge in [-0.15, -0.1) is 0 Å². The molecular formula is C14H19NO4S. The van der Waals surface area contributed by atoms with Crippen molar-refractivity contribution in [3.8, 4) is 5.75 Å². The van der Waals surface area contributed by atoms with E-state index in [0.29, 0.717) is 18.6 Å². The summed E-state index contributed by atoms with van der Waals surface area (Å²) in [6.45, 7) is 1.92. The van der Waals surface area contributed by atoms with Crippen LogP contribution in [0.15, 0.2) is 18.2 Å². The van der Waals surface area contributed by atoms with Gasteiger partial charge in [0.1, 0.15) is 5.75 Å². The monoisotopic (exact) mass is 297 g/mol. The smallest absolute Gasteiger partial charge is 0.244 e. The molecule has 1 aliphatic carbocycles. The van der Waals surface area contributed by atoms with Crippen molar-refractivity contribution in [3.63, 3.8) is 0 Å². The average Bonchev–Trinajstić information content (AvgIpc) is 2.27. The van der Waals surface area contributed by atoms with E-state index in [-0.39, 0.29) is 0 Å². The quantitative estimate of drug-likeness (QED) is 0.914. The molecule has 0 bridgehead atoms. The molecule has 5 nitrogen and oxygen atoms in total.